The van der Waals surface area contributed by atoms with E-state index in [-0.39, 0.29) is 6.10 Å². The molecule has 20 heavy (non-hydrogen) atoms. The lowest BCUT2D eigenvalue weighted by atomic mass is 10.1. The molecule has 0 spiro atoms. The summed E-state index contributed by atoms with van der Waals surface area (Å²) in [6, 6.07) is 7.49. The van der Waals surface area contributed by atoms with Crippen LogP contribution in [0.3, 0.4) is 0 Å². The second kappa shape index (κ2) is 5.09. The third kappa shape index (κ3) is 2.44. The Hall–Kier alpha value is -2.14. The summed E-state index contributed by atoms with van der Waals surface area (Å²) in [6.45, 7) is 3.98. The van der Waals surface area contributed by atoms with E-state index in [1.165, 1.54) is 6.33 Å². The number of nitrogens with one attached hydrogen (secondary N) is 1. The number of halogens is 1. The average molecular weight is 289 g/mol. The van der Waals surface area contributed by atoms with Crippen LogP contribution in [0.2, 0.25) is 5.15 Å². The van der Waals surface area contributed by atoms with Gasteiger partial charge in [-0.15, -0.1) is 0 Å². The van der Waals surface area contributed by atoms with Gasteiger partial charge in [0.05, 0.1) is 17.3 Å². The van der Waals surface area contributed by atoms with E-state index in [0.29, 0.717) is 10.8 Å². The minimum atomic E-state index is 0.122. The van der Waals surface area contributed by atoms with Crippen LogP contribution in [-0.4, -0.2) is 26.3 Å². The largest absolute Gasteiger partial charge is 0.491 e. The molecule has 5 nitrogen and oxygen atoms in total. The van der Waals surface area contributed by atoms with Crippen molar-refractivity contribution in [1.29, 1.82) is 0 Å². The number of H-pyrrole nitrogens is 1. The second-order valence-electron chi connectivity index (χ2n) is 4.67. The Kier molecular flexibility index (Phi) is 3.28. The number of hydrogen-bond donors (Lipinski definition) is 1. The van der Waals surface area contributed by atoms with Crippen LogP contribution in [0, 0.1) is 0 Å². The van der Waals surface area contributed by atoms with E-state index in [0.717, 1.165) is 22.3 Å². The summed E-state index contributed by atoms with van der Waals surface area (Å²) in [7, 11) is 0. The molecule has 1 aromatic carbocycles. The molecular formula is C14H13ClN4O. The molecule has 0 amide bonds. The highest BCUT2D eigenvalue weighted by Crippen LogP contribution is 2.29. The minimum absolute atomic E-state index is 0.122. The standard InChI is InChI=1S/C14H13ClN4O/c1-8(2)20-9-3-4-11-10(5-9)14(19-18-11)12-6-13(15)17-7-16-12/h3-8H,1-2H3,(H,18,19). The number of nitrogens with zero attached hydrogens (tertiary/aromatic N) is 3. The van der Waals surface area contributed by atoms with Gasteiger partial charge in [0.1, 0.15) is 22.9 Å². The minimum Gasteiger partial charge on any atom is -0.491 e. The zero-order chi connectivity index (χ0) is 14.1. The smallest absolute Gasteiger partial charge is 0.133 e. The van der Waals surface area contributed by atoms with Gasteiger partial charge in [-0.2, -0.15) is 5.10 Å². The number of aromatic amines is 1. The van der Waals surface area contributed by atoms with E-state index >= 15 is 0 Å². The van der Waals surface area contributed by atoms with E-state index in [4.69, 9.17) is 16.3 Å². The van der Waals surface area contributed by atoms with Crippen LogP contribution in [0.1, 0.15) is 13.8 Å². The predicted octanol–water partition coefficient (Wildman–Crippen LogP) is 3.46. The fraction of sp³-hybridized carbons (Fsp3) is 0.214. The molecule has 1 N–H and O–H groups in total. The maximum absolute atomic E-state index is 5.90. The molecule has 6 heteroatoms. The van der Waals surface area contributed by atoms with Crippen LogP contribution in [0.5, 0.6) is 5.75 Å². The Morgan fingerprint density at radius 1 is 1.20 bits per heavy atom. The van der Waals surface area contributed by atoms with Crippen LogP contribution in [0.4, 0.5) is 0 Å². The summed E-state index contributed by atoms with van der Waals surface area (Å²) in [5, 5.41) is 8.61. The summed E-state index contributed by atoms with van der Waals surface area (Å²) in [6.07, 6.45) is 1.54. The monoisotopic (exact) mass is 288 g/mol. The van der Waals surface area contributed by atoms with E-state index in [9.17, 15) is 0 Å². The first-order valence-corrected chi connectivity index (χ1v) is 6.64. The first-order chi connectivity index (χ1) is 9.63. The summed E-state index contributed by atoms with van der Waals surface area (Å²) >= 11 is 5.90. The Balaban J connectivity index is 2.11. The number of fused-ring (bicyclic) bond motifs is 1. The fourth-order valence-electron chi connectivity index (χ4n) is 2.00. The van der Waals surface area contributed by atoms with E-state index < -0.39 is 0 Å². The third-order valence-corrected chi connectivity index (χ3v) is 2.99. The molecule has 2 aromatic heterocycles. The molecule has 3 aromatic rings. The first kappa shape index (κ1) is 12.9. The molecule has 0 saturated heterocycles. The first-order valence-electron chi connectivity index (χ1n) is 6.26. The molecule has 0 atom stereocenters. The molecule has 2 heterocycles. The lowest BCUT2D eigenvalue weighted by molar-refractivity contribution is 0.243. The van der Waals surface area contributed by atoms with Crippen molar-refractivity contribution >= 4 is 22.5 Å². The van der Waals surface area contributed by atoms with Crippen molar-refractivity contribution in [2.45, 2.75) is 20.0 Å². The summed E-state index contributed by atoms with van der Waals surface area (Å²) in [5.41, 5.74) is 2.34. The molecule has 0 unspecified atom stereocenters. The highest BCUT2D eigenvalue weighted by atomic mass is 35.5. The zero-order valence-corrected chi connectivity index (χ0v) is 11.8. The summed E-state index contributed by atoms with van der Waals surface area (Å²) < 4.78 is 5.71. The van der Waals surface area contributed by atoms with E-state index in [2.05, 4.69) is 20.2 Å². The number of aromatic nitrogens is 4. The fourth-order valence-corrected chi connectivity index (χ4v) is 2.14. The lowest BCUT2D eigenvalue weighted by Gasteiger charge is -2.09. The van der Waals surface area contributed by atoms with Gasteiger partial charge in [-0.1, -0.05) is 11.6 Å². The van der Waals surface area contributed by atoms with Gasteiger partial charge >= 0.3 is 0 Å². The van der Waals surface area contributed by atoms with Gasteiger partial charge in [0.15, 0.2) is 0 Å². The Bertz CT molecular complexity index is 754. The van der Waals surface area contributed by atoms with Gasteiger partial charge in [0, 0.05) is 11.5 Å². The number of benzene rings is 1. The van der Waals surface area contributed by atoms with Crippen molar-refractivity contribution in [1.82, 2.24) is 20.2 Å². The quantitative estimate of drug-likeness (QED) is 0.750. The maximum Gasteiger partial charge on any atom is 0.133 e. The molecule has 0 aliphatic rings. The van der Waals surface area contributed by atoms with Gasteiger partial charge in [-0.25, -0.2) is 9.97 Å². The highest BCUT2D eigenvalue weighted by Gasteiger charge is 2.11. The molecule has 0 saturated carbocycles. The molecule has 0 radical (unpaired) electrons. The summed E-state index contributed by atoms with van der Waals surface area (Å²) in [5.74, 6) is 0.801. The number of hydrogen-bond acceptors (Lipinski definition) is 4. The Morgan fingerprint density at radius 2 is 2.05 bits per heavy atom. The van der Waals surface area contributed by atoms with Crippen LogP contribution in [0.15, 0.2) is 30.6 Å². The van der Waals surface area contributed by atoms with Crippen molar-refractivity contribution < 1.29 is 4.74 Å². The van der Waals surface area contributed by atoms with Crippen LogP contribution >= 0.6 is 11.6 Å². The zero-order valence-electron chi connectivity index (χ0n) is 11.1. The Labute approximate surface area is 121 Å². The Morgan fingerprint density at radius 3 is 2.80 bits per heavy atom. The number of rotatable bonds is 3. The van der Waals surface area contributed by atoms with Gasteiger partial charge in [-0.05, 0) is 32.0 Å². The molecule has 3 rings (SSSR count). The van der Waals surface area contributed by atoms with Crippen LogP contribution in [-0.2, 0) is 0 Å². The summed E-state index contributed by atoms with van der Waals surface area (Å²) in [4.78, 5) is 8.08. The van der Waals surface area contributed by atoms with Crippen molar-refractivity contribution in [2.24, 2.45) is 0 Å². The molecule has 0 fully saturated rings. The predicted molar refractivity (Wildman–Crippen MR) is 77.9 cm³/mol. The lowest BCUT2D eigenvalue weighted by Crippen LogP contribution is -2.05. The topological polar surface area (TPSA) is 63.7 Å². The van der Waals surface area contributed by atoms with Crippen LogP contribution in [0.25, 0.3) is 22.3 Å². The van der Waals surface area contributed by atoms with Crippen LogP contribution < -0.4 is 4.74 Å². The van der Waals surface area contributed by atoms with Crippen molar-refractivity contribution in [2.75, 3.05) is 0 Å². The normalized spacial score (nSPS) is 11.2. The SMILES string of the molecule is CC(C)Oc1ccc2[nH]nc(-c3cc(Cl)ncn3)c2c1. The highest BCUT2D eigenvalue weighted by molar-refractivity contribution is 6.29. The second-order valence-corrected chi connectivity index (χ2v) is 5.06. The molecule has 0 aliphatic heterocycles. The average Bonchev–Trinajstić information content (AvgIpc) is 2.81. The van der Waals surface area contributed by atoms with Crippen molar-refractivity contribution in [3.63, 3.8) is 0 Å². The third-order valence-electron chi connectivity index (χ3n) is 2.78. The molecule has 102 valence electrons. The molecular weight excluding hydrogens is 276 g/mol. The maximum atomic E-state index is 5.90. The van der Waals surface area contributed by atoms with Gasteiger partial charge in [-0.3, -0.25) is 5.10 Å². The van der Waals surface area contributed by atoms with E-state index in [1.807, 2.05) is 32.0 Å². The van der Waals surface area contributed by atoms with Gasteiger partial charge in [0.2, 0.25) is 0 Å². The van der Waals surface area contributed by atoms with Gasteiger partial charge in [0.25, 0.3) is 0 Å². The number of ether oxygens (including phenoxy) is 1. The van der Waals surface area contributed by atoms with Gasteiger partial charge < -0.3 is 4.74 Å². The molecule has 0 bridgehead atoms. The van der Waals surface area contributed by atoms with Crippen molar-refractivity contribution in [3.8, 4) is 17.1 Å². The van der Waals surface area contributed by atoms with E-state index in [1.54, 1.807) is 6.07 Å². The molecule has 0 aliphatic carbocycles. The van der Waals surface area contributed by atoms with Crippen molar-refractivity contribution in [3.05, 3.63) is 35.7 Å².